The summed E-state index contributed by atoms with van der Waals surface area (Å²) in [5, 5.41) is 2.96. The summed E-state index contributed by atoms with van der Waals surface area (Å²) in [4.78, 5) is 0. The maximum atomic E-state index is 13.1. The third-order valence-corrected chi connectivity index (χ3v) is 3.76. The van der Waals surface area contributed by atoms with Crippen LogP contribution >= 0.6 is 0 Å². The lowest BCUT2D eigenvalue weighted by molar-refractivity contribution is -0.139. The van der Waals surface area contributed by atoms with Crippen LogP contribution in [0.25, 0.3) is 0 Å². The predicted octanol–water partition coefficient (Wildman–Crippen LogP) is 3.77. The largest absolute Gasteiger partial charge is 0.419 e. The van der Waals surface area contributed by atoms with E-state index in [2.05, 4.69) is 5.32 Å². The van der Waals surface area contributed by atoms with Crippen LogP contribution in [0.15, 0.2) is 18.2 Å². The van der Waals surface area contributed by atoms with Gasteiger partial charge in [-0.3, -0.25) is 0 Å². The van der Waals surface area contributed by atoms with Gasteiger partial charge in [0.05, 0.1) is 5.56 Å². The van der Waals surface area contributed by atoms with Gasteiger partial charge in [0.15, 0.2) is 0 Å². The van der Waals surface area contributed by atoms with Crippen molar-refractivity contribution in [2.75, 3.05) is 11.9 Å². The van der Waals surface area contributed by atoms with Crippen LogP contribution < -0.4 is 11.1 Å². The minimum atomic E-state index is -4.67. The molecule has 0 bridgehead atoms. The lowest BCUT2D eigenvalue weighted by Gasteiger charge is -2.26. The molecule has 0 heterocycles. The van der Waals surface area contributed by atoms with Gasteiger partial charge in [0.1, 0.15) is 5.82 Å². The molecule has 1 saturated carbocycles. The Bertz CT molecular complexity index is 451. The predicted molar refractivity (Wildman–Crippen MR) is 69.8 cm³/mol. The van der Waals surface area contributed by atoms with Gasteiger partial charge in [-0.2, -0.15) is 13.2 Å². The van der Waals surface area contributed by atoms with Gasteiger partial charge in [0.2, 0.25) is 0 Å². The molecule has 1 aliphatic carbocycles. The molecular weight excluding hydrogens is 272 g/mol. The molecule has 112 valence electrons. The van der Waals surface area contributed by atoms with Crippen molar-refractivity contribution in [1.29, 1.82) is 0 Å². The topological polar surface area (TPSA) is 38.0 Å². The average molecular weight is 290 g/mol. The molecule has 3 N–H and O–H groups in total. The Morgan fingerprint density at radius 2 is 1.80 bits per heavy atom. The minimum Gasteiger partial charge on any atom is -0.385 e. The number of benzene rings is 1. The summed E-state index contributed by atoms with van der Waals surface area (Å²) >= 11 is 0. The van der Waals surface area contributed by atoms with E-state index in [0.29, 0.717) is 18.2 Å². The monoisotopic (exact) mass is 290 g/mol. The molecule has 0 atom stereocenters. The van der Waals surface area contributed by atoms with Crippen molar-refractivity contribution < 1.29 is 17.6 Å². The van der Waals surface area contributed by atoms with Gasteiger partial charge in [-0.25, -0.2) is 4.39 Å². The number of anilines is 1. The molecule has 0 amide bonds. The summed E-state index contributed by atoms with van der Waals surface area (Å²) in [5.74, 6) is -0.833. The van der Waals surface area contributed by atoms with E-state index in [0.717, 1.165) is 37.8 Å². The summed E-state index contributed by atoms with van der Waals surface area (Å²) < 4.78 is 50.9. The smallest absolute Gasteiger partial charge is 0.385 e. The third-order valence-electron chi connectivity index (χ3n) is 3.76. The van der Waals surface area contributed by atoms with E-state index in [1.165, 1.54) is 6.07 Å². The molecule has 1 aromatic rings. The van der Waals surface area contributed by atoms with Crippen LogP contribution in [-0.2, 0) is 6.18 Å². The van der Waals surface area contributed by atoms with Crippen molar-refractivity contribution in [3.63, 3.8) is 0 Å². The van der Waals surface area contributed by atoms with Crippen molar-refractivity contribution in [2.45, 2.75) is 37.9 Å². The Morgan fingerprint density at radius 1 is 1.15 bits per heavy atom. The van der Waals surface area contributed by atoms with Crippen molar-refractivity contribution in [3.8, 4) is 0 Å². The van der Waals surface area contributed by atoms with Crippen LogP contribution in [0.1, 0.15) is 31.2 Å². The van der Waals surface area contributed by atoms with E-state index in [1.54, 1.807) is 0 Å². The second kappa shape index (κ2) is 5.99. The lowest BCUT2D eigenvalue weighted by Crippen LogP contribution is -2.29. The molecule has 1 aliphatic rings. The Morgan fingerprint density at radius 3 is 2.40 bits per heavy atom. The van der Waals surface area contributed by atoms with Crippen molar-refractivity contribution >= 4 is 5.69 Å². The Labute approximate surface area is 115 Å². The van der Waals surface area contributed by atoms with Gasteiger partial charge in [0, 0.05) is 18.3 Å². The fourth-order valence-electron chi connectivity index (χ4n) is 2.51. The van der Waals surface area contributed by atoms with Crippen molar-refractivity contribution in [2.24, 2.45) is 11.7 Å². The van der Waals surface area contributed by atoms with E-state index in [1.807, 2.05) is 0 Å². The highest BCUT2D eigenvalue weighted by Gasteiger charge is 2.34. The van der Waals surface area contributed by atoms with Crippen LogP contribution in [0, 0.1) is 11.7 Å². The molecule has 20 heavy (non-hydrogen) atoms. The fraction of sp³-hybridized carbons (Fsp3) is 0.571. The van der Waals surface area contributed by atoms with Gasteiger partial charge >= 0.3 is 6.18 Å². The highest BCUT2D eigenvalue weighted by Crippen LogP contribution is 2.33. The first-order chi connectivity index (χ1) is 9.36. The second-order valence-electron chi connectivity index (χ2n) is 5.35. The third kappa shape index (κ3) is 3.85. The van der Waals surface area contributed by atoms with Crippen LogP contribution in [0.2, 0.25) is 0 Å². The van der Waals surface area contributed by atoms with Crippen molar-refractivity contribution in [1.82, 2.24) is 0 Å². The number of hydrogen-bond donors (Lipinski definition) is 2. The first-order valence-corrected chi connectivity index (χ1v) is 6.72. The van der Waals surface area contributed by atoms with Crippen LogP contribution in [0.3, 0.4) is 0 Å². The van der Waals surface area contributed by atoms with Crippen LogP contribution in [0.5, 0.6) is 0 Å². The maximum absolute atomic E-state index is 13.1. The van der Waals surface area contributed by atoms with Gasteiger partial charge in [0.25, 0.3) is 0 Å². The Kier molecular flexibility index (Phi) is 4.52. The van der Waals surface area contributed by atoms with Crippen LogP contribution in [0.4, 0.5) is 23.2 Å². The zero-order chi connectivity index (χ0) is 14.8. The second-order valence-corrected chi connectivity index (χ2v) is 5.35. The molecule has 0 spiro atoms. The van der Waals surface area contributed by atoms with E-state index >= 15 is 0 Å². The minimum absolute atomic E-state index is 0.244. The molecule has 2 rings (SSSR count). The molecule has 0 saturated heterocycles. The highest BCUT2D eigenvalue weighted by molar-refractivity contribution is 5.47. The molecule has 0 aromatic heterocycles. The quantitative estimate of drug-likeness (QED) is 0.832. The molecule has 1 fully saturated rings. The number of nitrogens with two attached hydrogens (primary N) is 1. The lowest BCUT2D eigenvalue weighted by atomic mass is 9.86. The van der Waals surface area contributed by atoms with Gasteiger partial charge < -0.3 is 11.1 Å². The Hall–Kier alpha value is -1.30. The first-order valence-electron chi connectivity index (χ1n) is 6.72. The highest BCUT2D eigenvalue weighted by atomic mass is 19.4. The van der Waals surface area contributed by atoms with Crippen LogP contribution in [-0.4, -0.2) is 12.6 Å². The fourth-order valence-corrected chi connectivity index (χ4v) is 2.51. The van der Waals surface area contributed by atoms with E-state index < -0.39 is 17.6 Å². The molecule has 2 nitrogen and oxygen atoms in total. The average Bonchev–Trinajstić information content (AvgIpc) is 2.38. The number of nitrogens with one attached hydrogen (secondary N) is 1. The molecule has 0 aliphatic heterocycles. The summed E-state index contributed by atoms with van der Waals surface area (Å²) in [7, 11) is 0. The van der Waals surface area contributed by atoms with Crippen molar-refractivity contribution in [3.05, 3.63) is 29.6 Å². The van der Waals surface area contributed by atoms with E-state index in [4.69, 9.17) is 5.73 Å². The summed E-state index contributed by atoms with van der Waals surface area (Å²) in [6.07, 6.45) is -0.824. The summed E-state index contributed by atoms with van der Waals surface area (Å²) in [6.45, 7) is 0.593. The number of rotatable bonds is 3. The maximum Gasteiger partial charge on any atom is 0.419 e. The number of alkyl halides is 3. The zero-order valence-electron chi connectivity index (χ0n) is 11.0. The number of hydrogen-bond acceptors (Lipinski definition) is 2. The molecule has 0 radical (unpaired) electrons. The van der Waals surface area contributed by atoms with Gasteiger partial charge in [-0.1, -0.05) is 0 Å². The Balaban J connectivity index is 1.96. The normalized spacial score (nSPS) is 23.6. The first kappa shape index (κ1) is 15.1. The summed E-state index contributed by atoms with van der Waals surface area (Å²) in [6, 6.07) is 3.25. The summed E-state index contributed by atoms with van der Waals surface area (Å²) in [5.41, 5.74) is 4.87. The molecule has 0 unspecified atom stereocenters. The van der Waals surface area contributed by atoms with Gasteiger partial charge in [-0.15, -0.1) is 0 Å². The number of halogens is 4. The van der Waals surface area contributed by atoms with E-state index in [9.17, 15) is 17.6 Å². The standard InChI is InChI=1S/C14H18F4N2/c15-13-6-5-11(7-12(13)14(16,17)18)20-8-9-1-3-10(19)4-2-9/h5-7,9-10,20H,1-4,8,19H2/t9-,10-. The zero-order valence-corrected chi connectivity index (χ0v) is 11.0. The van der Waals surface area contributed by atoms with Gasteiger partial charge in [-0.05, 0) is 49.8 Å². The molecule has 6 heteroatoms. The molecular formula is C14H18F4N2. The SMILES string of the molecule is N[C@H]1CC[C@H](CNc2ccc(F)c(C(F)(F)F)c2)CC1. The van der Waals surface area contributed by atoms with E-state index in [-0.39, 0.29) is 6.04 Å². The molecule has 1 aromatic carbocycles.